The molecule has 0 amide bonds. The molecule has 0 spiro atoms. The summed E-state index contributed by atoms with van der Waals surface area (Å²) < 4.78 is 6.04. The third-order valence-corrected chi connectivity index (χ3v) is 3.84. The maximum Gasteiger partial charge on any atom is 0.124 e. The van der Waals surface area contributed by atoms with Gasteiger partial charge in [0.1, 0.15) is 12.4 Å². The summed E-state index contributed by atoms with van der Waals surface area (Å²) in [7, 11) is 0. The molecule has 0 saturated carbocycles. The molecule has 1 aliphatic heterocycles. The van der Waals surface area contributed by atoms with Crippen LogP contribution >= 0.6 is 12.4 Å². The molecule has 1 fully saturated rings. The van der Waals surface area contributed by atoms with Gasteiger partial charge in [0.15, 0.2) is 0 Å². The predicted octanol–water partition coefficient (Wildman–Crippen LogP) is 4.50. The van der Waals surface area contributed by atoms with E-state index in [0.29, 0.717) is 12.6 Å². The summed E-state index contributed by atoms with van der Waals surface area (Å²) in [6.07, 6.45) is 3.78. The fraction of sp³-hybridized carbons (Fsp3) is 0.333. The topological polar surface area (TPSA) is 21.3 Å². The van der Waals surface area contributed by atoms with Crippen molar-refractivity contribution in [3.63, 3.8) is 0 Å². The van der Waals surface area contributed by atoms with Crippen molar-refractivity contribution >= 4 is 12.4 Å². The number of hydrogen-bond acceptors (Lipinski definition) is 2. The smallest absolute Gasteiger partial charge is 0.124 e. The van der Waals surface area contributed by atoms with E-state index in [9.17, 15) is 0 Å². The Morgan fingerprint density at radius 3 is 2.48 bits per heavy atom. The zero-order chi connectivity index (χ0) is 13.6. The minimum absolute atomic E-state index is 0. The van der Waals surface area contributed by atoms with Gasteiger partial charge in [-0.25, -0.2) is 0 Å². The van der Waals surface area contributed by atoms with Crippen molar-refractivity contribution in [2.24, 2.45) is 0 Å². The molecule has 0 radical (unpaired) electrons. The number of nitrogens with one attached hydrogen (secondary N) is 1. The van der Waals surface area contributed by atoms with E-state index in [0.717, 1.165) is 12.3 Å². The number of ether oxygens (including phenoxy) is 1. The van der Waals surface area contributed by atoms with Gasteiger partial charge in [-0.3, -0.25) is 0 Å². The second-order valence-corrected chi connectivity index (χ2v) is 5.31. The van der Waals surface area contributed by atoms with Crippen LogP contribution in [0.4, 0.5) is 0 Å². The number of rotatable bonds is 4. The van der Waals surface area contributed by atoms with Crippen LogP contribution in [0.2, 0.25) is 0 Å². The van der Waals surface area contributed by atoms with Gasteiger partial charge < -0.3 is 10.1 Å². The monoisotopic (exact) mass is 303 g/mol. The van der Waals surface area contributed by atoms with Crippen molar-refractivity contribution in [1.29, 1.82) is 0 Å². The molecular weight excluding hydrogens is 282 g/mol. The lowest BCUT2D eigenvalue weighted by Gasteiger charge is -2.25. The highest BCUT2D eigenvalue weighted by Gasteiger charge is 2.18. The molecule has 3 rings (SSSR count). The van der Waals surface area contributed by atoms with Crippen LogP contribution in [0.25, 0.3) is 0 Å². The van der Waals surface area contributed by atoms with Gasteiger partial charge in [-0.1, -0.05) is 55.0 Å². The minimum atomic E-state index is 0. The Bertz CT molecular complexity index is 538. The van der Waals surface area contributed by atoms with Gasteiger partial charge in [0.2, 0.25) is 0 Å². The fourth-order valence-corrected chi connectivity index (χ4v) is 2.75. The molecule has 1 heterocycles. The minimum Gasteiger partial charge on any atom is -0.489 e. The Morgan fingerprint density at radius 2 is 1.71 bits per heavy atom. The fourth-order valence-electron chi connectivity index (χ4n) is 2.75. The Hall–Kier alpha value is -1.51. The Balaban J connectivity index is 0.00000161. The Labute approximate surface area is 132 Å². The summed E-state index contributed by atoms with van der Waals surface area (Å²) in [5.41, 5.74) is 2.50. The van der Waals surface area contributed by atoms with Crippen LogP contribution in [0.5, 0.6) is 5.75 Å². The molecule has 0 bridgehead atoms. The summed E-state index contributed by atoms with van der Waals surface area (Å²) >= 11 is 0. The quantitative estimate of drug-likeness (QED) is 0.898. The van der Waals surface area contributed by atoms with Crippen LogP contribution in [0.3, 0.4) is 0 Å². The maximum absolute atomic E-state index is 6.04. The normalized spacial score (nSPS) is 17.8. The lowest BCUT2D eigenvalue weighted by Crippen LogP contribution is -2.27. The maximum atomic E-state index is 6.04. The van der Waals surface area contributed by atoms with Crippen molar-refractivity contribution in [2.45, 2.75) is 31.9 Å². The van der Waals surface area contributed by atoms with Crippen LogP contribution in [0.1, 0.15) is 36.4 Å². The Kier molecular flexibility index (Phi) is 6.09. The average Bonchev–Trinajstić information content (AvgIpc) is 2.55. The highest BCUT2D eigenvalue weighted by molar-refractivity contribution is 5.85. The van der Waals surface area contributed by atoms with Crippen molar-refractivity contribution in [1.82, 2.24) is 5.32 Å². The molecule has 3 heteroatoms. The van der Waals surface area contributed by atoms with E-state index < -0.39 is 0 Å². The molecule has 0 aromatic heterocycles. The van der Waals surface area contributed by atoms with Crippen LogP contribution in [0, 0.1) is 0 Å². The summed E-state index contributed by atoms with van der Waals surface area (Å²) in [6.45, 7) is 1.74. The second kappa shape index (κ2) is 8.06. The zero-order valence-electron chi connectivity index (χ0n) is 12.1. The van der Waals surface area contributed by atoms with E-state index in [1.165, 1.54) is 30.4 Å². The van der Waals surface area contributed by atoms with Gasteiger partial charge >= 0.3 is 0 Å². The van der Waals surface area contributed by atoms with Crippen LogP contribution < -0.4 is 10.1 Å². The Morgan fingerprint density at radius 1 is 0.952 bits per heavy atom. The first kappa shape index (κ1) is 15.9. The lowest BCUT2D eigenvalue weighted by atomic mass is 9.97. The number of hydrogen-bond donors (Lipinski definition) is 1. The molecule has 1 aliphatic rings. The van der Waals surface area contributed by atoms with Crippen LogP contribution in [0.15, 0.2) is 54.6 Å². The number of halogens is 1. The third kappa shape index (κ3) is 4.23. The van der Waals surface area contributed by atoms with E-state index in [1.54, 1.807) is 0 Å². The van der Waals surface area contributed by atoms with Crippen molar-refractivity contribution in [3.05, 3.63) is 65.7 Å². The molecule has 2 aromatic carbocycles. The highest BCUT2D eigenvalue weighted by Crippen LogP contribution is 2.30. The van der Waals surface area contributed by atoms with E-state index in [-0.39, 0.29) is 12.4 Å². The van der Waals surface area contributed by atoms with Crippen LogP contribution in [-0.2, 0) is 6.61 Å². The number of benzene rings is 2. The molecule has 0 unspecified atom stereocenters. The first-order valence-electron chi connectivity index (χ1n) is 7.42. The molecule has 1 N–H and O–H groups in total. The third-order valence-electron chi connectivity index (χ3n) is 3.84. The van der Waals surface area contributed by atoms with Gasteiger partial charge in [0.25, 0.3) is 0 Å². The molecule has 0 aliphatic carbocycles. The predicted molar refractivity (Wildman–Crippen MR) is 89.1 cm³/mol. The molecular formula is C18H22ClNO. The first-order valence-corrected chi connectivity index (χ1v) is 7.42. The first-order chi connectivity index (χ1) is 9.93. The van der Waals surface area contributed by atoms with Gasteiger partial charge in [0.05, 0.1) is 0 Å². The molecule has 2 nitrogen and oxygen atoms in total. The second-order valence-electron chi connectivity index (χ2n) is 5.31. The van der Waals surface area contributed by atoms with E-state index in [2.05, 4.69) is 35.6 Å². The molecule has 1 saturated heterocycles. The largest absolute Gasteiger partial charge is 0.489 e. The van der Waals surface area contributed by atoms with E-state index in [4.69, 9.17) is 4.74 Å². The summed E-state index contributed by atoms with van der Waals surface area (Å²) in [4.78, 5) is 0. The van der Waals surface area contributed by atoms with E-state index >= 15 is 0 Å². The standard InChI is InChI=1S/C18H21NO.ClH/c1-2-8-15(9-3-1)14-20-18-12-5-4-10-16(18)17-11-6-7-13-19-17;/h1-5,8-10,12,17,19H,6-7,11,13-14H2;1H/t17-;/m0./s1. The molecule has 1 atom stereocenters. The summed E-state index contributed by atoms with van der Waals surface area (Å²) in [5.74, 6) is 1.01. The average molecular weight is 304 g/mol. The highest BCUT2D eigenvalue weighted by atomic mass is 35.5. The number of para-hydroxylation sites is 1. The number of piperidine rings is 1. The molecule has 112 valence electrons. The van der Waals surface area contributed by atoms with Crippen LogP contribution in [-0.4, -0.2) is 6.54 Å². The SMILES string of the molecule is Cl.c1ccc(COc2ccccc2[C@@H]2CCCCN2)cc1. The van der Waals surface area contributed by atoms with Gasteiger partial charge in [-0.15, -0.1) is 12.4 Å². The van der Waals surface area contributed by atoms with Gasteiger partial charge in [0, 0.05) is 11.6 Å². The van der Waals surface area contributed by atoms with Crippen molar-refractivity contribution < 1.29 is 4.74 Å². The van der Waals surface area contributed by atoms with Gasteiger partial charge in [-0.05, 0) is 31.0 Å². The summed E-state index contributed by atoms with van der Waals surface area (Å²) in [5, 5.41) is 3.59. The zero-order valence-corrected chi connectivity index (χ0v) is 12.9. The van der Waals surface area contributed by atoms with Crippen molar-refractivity contribution in [3.8, 4) is 5.75 Å². The van der Waals surface area contributed by atoms with E-state index in [1.807, 2.05) is 24.3 Å². The molecule has 2 aromatic rings. The summed E-state index contributed by atoms with van der Waals surface area (Å²) in [6, 6.07) is 19.2. The lowest BCUT2D eigenvalue weighted by molar-refractivity contribution is 0.294. The van der Waals surface area contributed by atoms with Gasteiger partial charge in [-0.2, -0.15) is 0 Å². The van der Waals surface area contributed by atoms with Crippen molar-refractivity contribution in [2.75, 3.05) is 6.54 Å². The molecule has 21 heavy (non-hydrogen) atoms.